The molecule has 21 heavy (non-hydrogen) atoms. The normalized spacial score (nSPS) is 14.5. The predicted molar refractivity (Wildman–Crippen MR) is 94.3 cm³/mol. The topological polar surface area (TPSA) is 35.5 Å². The highest BCUT2D eigenvalue weighted by Crippen LogP contribution is 2.59. The summed E-state index contributed by atoms with van der Waals surface area (Å²) < 4.78 is 23.6. The maximum Gasteiger partial charge on any atom is 0.335 e. The van der Waals surface area contributed by atoms with Gasteiger partial charge in [-0.15, -0.1) is 0 Å². The van der Waals surface area contributed by atoms with Crippen LogP contribution in [0.25, 0.3) is 0 Å². The third-order valence-electron chi connectivity index (χ3n) is 3.38. The zero-order valence-corrected chi connectivity index (χ0v) is 15.1. The molecule has 0 aromatic carbocycles. The first-order valence-electron chi connectivity index (χ1n) is 8.26. The molecular formula is C17H39O3P. The summed E-state index contributed by atoms with van der Waals surface area (Å²) in [7, 11) is -2.97. The minimum absolute atomic E-state index is 0. The van der Waals surface area contributed by atoms with Crippen molar-refractivity contribution in [1.82, 2.24) is 0 Å². The highest BCUT2D eigenvalue weighted by Gasteiger charge is 2.39. The van der Waals surface area contributed by atoms with E-state index in [1.807, 2.05) is 27.7 Å². The second kappa shape index (κ2) is 12.7. The van der Waals surface area contributed by atoms with Crippen LogP contribution in [0.15, 0.2) is 0 Å². The van der Waals surface area contributed by atoms with Gasteiger partial charge in [-0.1, -0.05) is 59.3 Å². The molecular weight excluding hydrogens is 283 g/mol. The Morgan fingerprint density at radius 2 is 1.29 bits per heavy atom. The Morgan fingerprint density at radius 1 is 0.810 bits per heavy atom. The molecule has 0 heterocycles. The second-order valence-electron chi connectivity index (χ2n) is 6.39. The summed E-state index contributed by atoms with van der Waals surface area (Å²) in [5.74, 6) is 0. The van der Waals surface area contributed by atoms with Crippen molar-refractivity contribution >= 4 is 7.60 Å². The summed E-state index contributed by atoms with van der Waals surface area (Å²) in [6, 6.07) is 0. The fourth-order valence-corrected chi connectivity index (χ4v) is 3.57. The van der Waals surface area contributed by atoms with Crippen molar-refractivity contribution in [2.75, 3.05) is 13.2 Å². The van der Waals surface area contributed by atoms with Crippen LogP contribution in [0.1, 0.15) is 93.4 Å². The highest BCUT2D eigenvalue weighted by molar-refractivity contribution is 7.55. The van der Waals surface area contributed by atoms with Gasteiger partial charge in [-0.2, -0.15) is 0 Å². The van der Waals surface area contributed by atoms with Crippen LogP contribution in [0.2, 0.25) is 0 Å². The molecule has 0 saturated heterocycles. The fourth-order valence-electron chi connectivity index (χ4n) is 2.02. The molecule has 0 aromatic heterocycles. The molecule has 0 amide bonds. The van der Waals surface area contributed by atoms with Gasteiger partial charge in [-0.25, -0.2) is 0 Å². The first-order valence-corrected chi connectivity index (χ1v) is 9.81. The number of rotatable bonds is 12. The maximum absolute atomic E-state index is 12.6. The first kappa shape index (κ1) is 23.4. The van der Waals surface area contributed by atoms with Gasteiger partial charge < -0.3 is 9.05 Å². The lowest BCUT2D eigenvalue weighted by Crippen LogP contribution is -2.19. The van der Waals surface area contributed by atoms with Crippen LogP contribution in [0, 0.1) is 0 Å². The van der Waals surface area contributed by atoms with E-state index in [0.717, 1.165) is 12.8 Å². The zero-order chi connectivity index (χ0) is 15.5. The Morgan fingerprint density at radius 3 is 1.71 bits per heavy atom. The Labute approximate surface area is 133 Å². The van der Waals surface area contributed by atoms with Gasteiger partial charge in [0.05, 0.1) is 18.4 Å². The van der Waals surface area contributed by atoms with Crippen LogP contribution in [0.5, 0.6) is 0 Å². The van der Waals surface area contributed by atoms with E-state index in [4.69, 9.17) is 9.05 Å². The molecule has 0 fully saturated rings. The largest absolute Gasteiger partial charge is 0.335 e. The lowest BCUT2D eigenvalue weighted by atomic mass is 10.1. The Kier molecular flexibility index (Phi) is 14.1. The molecule has 0 aromatic rings. The lowest BCUT2D eigenvalue weighted by molar-refractivity contribution is 0.192. The molecule has 0 saturated carbocycles. The van der Waals surface area contributed by atoms with Crippen LogP contribution in [-0.4, -0.2) is 18.4 Å². The van der Waals surface area contributed by atoms with Crippen LogP contribution in [0.4, 0.5) is 0 Å². The van der Waals surface area contributed by atoms with Gasteiger partial charge in [0.25, 0.3) is 0 Å². The van der Waals surface area contributed by atoms with E-state index in [2.05, 4.69) is 6.92 Å². The van der Waals surface area contributed by atoms with Crippen molar-refractivity contribution in [1.29, 1.82) is 0 Å². The SMILES string of the molecule is C.CCCCCCCCCCOP(=O)(OCC)C(C)(C)C. The van der Waals surface area contributed by atoms with Crippen LogP contribution in [-0.2, 0) is 13.6 Å². The van der Waals surface area contributed by atoms with E-state index in [0.29, 0.717) is 13.2 Å². The molecule has 0 aliphatic heterocycles. The van der Waals surface area contributed by atoms with Gasteiger partial charge in [-0.05, 0) is 34.1 Å². The summed E-state index contributed by atoms with van der Waals surface area (Å²) in [6.45, 7) is 10.8. The van der Waals surface area contributed by atoms with Crippen molar-refractivity contribution < 1.29 is 13.6 Å². The standard InChI is InChI=1S/C16H35O3P.CH4/c1-6-8-9-10-11-12-13-14-15-19-20(17,18-7-2)16(3,4)5;/h6-15H2,1-5H3;1H4. The molecule has 0 N–H and O–H groups in total. The molecule has 130 valence electrons. The Balaban J connectivity index is 0. The average Bonchev–Trinajstić information content (AvgIpc) is 2.36. The van der Waals surface area contributed by atoms with Crippen LogP contribution in [0.3, 0.4) is 0 Å². The van der Waals surface area contributed by atoms with Crippen molar-refractivity contribution in [3.8, 4) is 0 Å². The smallest absolute Gasteiger partial charge is 0.309 e. The summed E-state index contributed by atoms with van der Waals surface area (Å²) in [5.41, 5.74) is 0. The minimum Gasteiger partial charge on any atom is -0.309 e. The Hall–Kier alpha value is 0.150. The van der Waals surface area contributed by atoms with E-state index in [1.165, 1.54) is 38.5 Å². The molecule has 4 heteroatoms. The van der Waals surface area contributed by atoms with Gasteiger partial charge in [0.1, 0.15) is 0 Å². The van der Waals surface area contributed by atoms with Crippen LogP contribution < -0.4 is 0 Å². The third-order valence-corrected chi connectivity index (χ3v) is 6.14. The quantitative estimate of drug-likeness (QED) is 0.292. The second-order valence-corrected chi connectivity index (χ2v) is 9.25. The van der Waals surface area contributed by atoms with Gasteiger partial charge in [-0.3, -0.25) is 4.57 Å². The van der Waals surface area contributed by atoms with Crippen molar-refractivity contribution in [3.05, 3.63) is 0 Å². The minimum atomic E-state index is -2.97. The zero-order valence-electron chi connectivity index (χ0n) is 14.2. The van der Waals surface area contributed by atoms with E-state index in [-0.39, 0.29) is 7.43 Å². The molecule has 0 radical (unpaired) electrons. The van der Waals surface area contributed by atoms with Crippen LogP contribution >= 0.6 is 7.60 Å². The van der Waals surface area contributed by atoms with Crippen molar-refractivity contribution in [2.24, 2.45) is 0 Å². The predicted octanol–water partition coefficient (Wildman–Crippen LogP) is 6.81. The molecule has 0 aliphatic rings. The average molecular weight is 322 g/mol. The van der Waals surface area contributed by atoms with Gasteiger partial charge in [0.2, 0.25) is 0 Å². The monoisotopic (exact) mass is 322 g/mol. The lowest BCUT2D eigenvalue weighted by Gasteiger charge is -2.29. The van der Waals surface area contributed by atoms with Gasteiger partial charge >= 0.3 is 7.60 Å². The van der Waals surface area contributed by atoms with E-state index >= 15 is 0 Å². The maximum atomic E-state index is 12.6. The fraction of sp³-hybridized carbons (Fsp3) is 1.00. The summed E-state index contributed by atoms with van der Waals surface area (Å²) >= 11 is 0. The molecule has 0 rings (SSSR count). The van der Waals surface area contributed by atoms with Gasteiger partial charge in [0, 0.05) is 0 Å². The molecule has 0 spiro atoms. The summed E-state index contributed by atoms with van der Waals surface area (Å²) in [5, 5.41) is -0.441. The van der Waals surface area contributed by atoms with Crippen molar-refractivity contribution in [3.63, 3.8) is 0 Å². The van der Waals surface area contributed by atoms with E-state index < -0.39 is 12.8 Å². The van der Waals surface area contributed by atoms with Crippen molar-refractivity contribution in [2.45, 2.75) is 98.6 Å². The molecule has 1 unspecified atom stereocenters. The van der Waals surface area contributed by atoms with E-state index in [1.54, 1.807) is 0 Å². The molecule has 0 bridgehead atoms. The highest BCUT2D eigenvalue weighted by atomic mass is 31.2. The molecule has 0 aliphatic carbocycles. The number of unbranched alkanes of at least 4 members (excludes halogenated alkanes) is 7. The first-order chi connectivity index (χ1) is 9.37. The summed E-state index contributed by atoms with van der Waals surface area (Å²) in [6.07, 6.45) is 10.0. The number of hydrogen-bond donors (Lipinski definition) is 0. The summed E-state index contributed by atoms with van der Waals surface area (Å²) in [4.78, 5) is 0. The number of hydrogen-bond acceptors (Lipinski definition) is 3. The Bertz CT molecular complexity index is 272. The molecule has 3 nitrogen and oxygen atoms in total. The van der Waals surface area contributed by atoms with E-state index in [9.17, 15) is 4.57 Å². The third kappa shape index (κ3) is 10.5. The van der Waals surface area contributed by atoms with Gasteiger partial charge in [0.15, 0.2) is 0 Å². The molecule has 1 atom stereocenters.